The van der Waals surface area contributed by atoms with Gasteiger partial charge in [-0.1, -0.05) is 19.9 Å². The van der Waals surface area contributed by atoms with Gasteiger partial charge >= 0.3 is 0 Å². The van der Waals surface area contributed by atoms with Crippen molar-refractivity contribution in [3.8, 4) is 11.5 Å². The number of guanidine groups is 1. The molecule has 0 aromatic heterocycles. The number of nitrogens with zero attached hydrogens (tertiary/aromatic N) is 2. The third-order valence-corrected chi connectivity index (χ3v) is 4.50. The standard InChI is InChI=1S/C21H36N4O3/c1-16(2)14-25-9-10-27-20(15-25)13-24-21(22-4)23-12-17(3)28-19-8-6-7-18(11-19)26-5/h6-8,11,16-17,20H,9-10,12-15H2,1-5H3,(H2,22,23,24). The topological polar surface area (TPSA) is 67.4 Å². The van der Waals surface area contributed by atoms with Crippen LogP contribution in [-0.4, -0.2) is 76.6 Å². The van der Waals surface area contributed by atoms with Crippen LogP contribution >= 0.6 is 0 Å². The lowest BCUT2D eigenvalue weighted by Crippen LogP contribution is -2.50. The lowest BCUT2D eigenvalue weighted by atomic mass is 10.2. The van der Waals surface area contributed by atoms with Gasteiger partial charge in [0.05, 0.1) is 26.4 Å². The number of hydrogen-bond acceptors (Lipinski definition) is 5. The number of nitrogens with one attached hydrogen (secondary N) is 2. The van der Waals surface area contributed by atoms with E-state index in [1.807, 2.05) is 31.2 Å². The molecule has 2 N–H and O–H groups in total. The van der Waals surface area contributed by atoms with Crippen LogP contribution in [0.2, 0.25) is 0 Å². The molecule has 1 aromatic rings. The molecule has 0 bridgehead atoms. The lowest BCUT2D eigenvalue weighted by molar-refractivity contribution is -0.0284. The SMILES string of the molecule is CN=C(NCC(C)Oc1cccc(OC)c1)NCC1CN(CC(C)C)CCO1. The number of rotatable bonds is 9. The summed E-state index contributed by atoms with van der Waals surface area (Å²) in [6.07, 6.45) is 0.162. The molecular weight excluding hydrogens is 356 g/mol. The highest BCUT2D eigenvalue weighted by Crippen LogP contribution is 2.19. The fourth-order valence-corrected chi connectivity index (χ4v) is 3.21. The Morgan fingerprint density at radius 2 is 2.07 bits per heavy atom. The molecule has 1 aromatic carbocycles. The normalized spacial score (nSPS) is 19.4. The van der Waals surface area contributed by atoms with E-state index in [0.29, 0.717) is 12.5 Å². The highest BCUT2D eigenvalue weighted by molar-refractivity contribution is 5.79. The second kappa shape index (κ2) is 11.8. The zero-order valence-electron chi connectivity index (χ0n) is 17.9. The summed E-state index contributed by atoms with van der Waals surface area (Å²) in [4.78, 5) is 6.77. The summed E-state index contributed by atoms with van der Waals surface area (Å²) in [6, 6.07) is 7.63. The van der Waals surface area contributed by atoms with Crippen molar-refractivity contribution in [3.63, 3.8) is 0 Å². The summed E-state index contributed by atoms with van der Waals surface area (Å²) < 4.78 is 17.1. The van der Waals surface area contributed by atoms with E-state index in [1.54, 1.807) is 14.2 Å². The highest BCUT2D eigenvalue weighted by atomic mass is 16.5. The quantitative estimate of drug-likeness (QED) is 0.495. The summed E-state index contributed by atoms with van der Waals surface area (Å²) in [5.41, 5.74) is 0. The molecule has 2 atom stereocenters. The van der Waals surface area contributed by atoms with Crippen LogP contribution < -0.4 is 20.1 Å². The molecule has 2 unspecified atom stereocenters. The fraction of sp³-hybridized carbons (Fsp3) is 0.667. The van der Waals surface area contributed by atoms with E-state index in [1.165, 1.54) is 0 Å². The first-order chi connectivity index (χ1) is 13.5. The number of hydrogen-bond donors (Lipinski definition) is 2. The Morgan fingerprint density at radius 1 is 1.29 bits per heavy atom. The molecule has 1 saturated heterocycles. The molecule has 0 saturated carbocycles. The van der Waals surface area contributed by atoms with Gasteiger partial charge in [-0.3, -0.25) is 9.89 Å². The molecule has 1 aliphatic heterocycles. The van der Waals surface area contributed by atoms with Crippen molar-refractivity contribution in [2.24, 2.45) is 10.9 Å². The number of methoxy groups -OCH3 is 1. The monoisotopic (exact) mass is 392 g/mol. The van der Waals surface area contributed by atoms with Crippen molar-refractivity contribution in [2.45, 2.75) is 33.0 Å². The van der Waals surface area contributed by atoms with Gasteiger partial charge in [-0.2, -0.15) is 0 Å². The second-order valence-electron chi connectivity index (χ2n) is 7.59. The molecule has 158 valence electrons. The third kappa shape index (κ3) is 7.94. The largest absolute Gasteiger partial charge is 0.497 e. The zero-order chi connectivity index (χ0) is 20.4. The Kier molecular flexibility index (Phi) is 9.37. The Balaban J connectivity index is 1.71. The molecule has 2 rings (SSSR count). The lowest BCUT2D eigenvalue weighted by Gasteiger charge is -2.34. The molecule has 1 heterocycles. The van der Waals surface area contributed by atoms with Crippen molar-refractivity contribution >= 4 is 5.96 Å². The number of morpholine rings is 1. The Hall–Kier alpha value is -1.99. The van der Waals surface area contributed by atoms with Crippen molar-refractivity contribution in [2.75, 3.05) is 53.5 Å². The molecule has 28 heavy (non-hydrogen) atoms. The molecule has 1 fully saturated rings. The van der Waals surface area contributed by atoms with Gasteiger partial charge in [0.1, 0.15) is 17.6 Å². The molecule has 0 amide bonds. The van der Waals surface area contributed by atoms with Crippen molar-refractivity contribution in [1.29, 1.82) is 0 Å². The Bertz CT molecular complexity index is 609. The zero-order valence-corrected chi connectivity index (χ0v) is 17.9. The van der Waals surface area contributed by atoms with Crippen LogP contribution in [0.3, 0.4) is 0 Å². The minimum Gasteiger partial charge on any atom is -0.497 e. The second-order valence-corrected chi connectivity index (χ2v) is 7.59. The summed E-state index contributed by atoms with van der Waals surface area (Å²) in [6.45, 7) is 11.8. The predicted molar refractivity (Wildman–Crippen MR) is 113 cm³/mol. The van der Waals surface area contributed by atoms with Crippen LogP contribution in [-0.2, 0) is 4.74 Å². The molecule has 0 radical (unpaired) electrons. The van der Waals surface area contributed by atoms with Gasteiger partial charge in [0.2, 0.25) is 0 Å². The van der Waals surface area contributed by atoms with E-state index in [2.05, 4.69) is 34.4 Å². The van der Waals surface area contributed by atoms with E-state index in [9.17, 15) is 0 Å². The van der Waals surface area contributed by atoms with Crippen LogP contribution in [0.4, 0.5) is 0 Å². The average Bonchev–Trinajstić information content (AvgIpc) is 2.68. The summed E-state index contributed by atoms with van der Waals surface area (Å²) in [7, 11) is 3.42. The molecular formula is C21H36N4O3. The number of aliphatic imine (C=N–C) groups is 1. The first-order valence-electron chi connectivity index (χ1n) is 10.1. The van der Waals surface area contributed by atoms with Gasteiger partial charge in [-0.25, -0.2) is 0 Å². The van der Waals surface area contributed by atoms with E-state index in [4.69, 9.17) is 14.2 Å². The first-order valence-corrected chi connectivity index (χ1v) is 10.1. The highest BCUT2D eigenvalue weighted by Gasteiger charge is 2.21. The van der Waals surface area contributed by atoms with Gasteiger partial charge in [0, 0.05) is 39.3 Å². The van der Waals surface area contributed by atoms with Gasteiger partial charge in [-0.15, -0.1) is 0 Å². The molecule has 7 heteroatoms. The van der Waals surface area contributed by atoms with Gasteiger partial charge in [-0.05, 0) is 25.0 Å². The van der Waals surface area contributed by atoms with Crippen LogP contribution in [0.5, 0.6) is 11.5 Å². The summed E-state index contributed by atoms with van der Waals surface area (Å²) in [5.74, 6) is 3.00. The maximum Gasteiger partial charge on any atom is 0.191 e. The molecule has 0 aliphatic carbocycles. The smallest absolute Gasteiger partial charge is 0.191 e. The first kappa shape index (κ1) is 22.3. The van der Waals surface area contributed by atoms with E-state index in [0.717, 1.165) is 50.2 Å². The third-order valence-electron chi connectivity index (χ3n) is 4.50. The van der Waals surface area contributed by atoms with Crippen LogP contribution in [0.15, 0.2) is 29.3 Å². The molecule has 1 aliphatic rings. The minimum absolute atomic E-state index is 0.0156. The maximum absolute atomic E-state index is 5.94. The molecule has 7 nitrogen and oxygen atoms in total. The molecule has 0 spiro atoms. The summed E-state index contributed by atoms with van der Waals surface area (Å²) >= 11 is 0. The fourth-order valence-electron chi connectivity index (χ4n) is 3.21. The van der Waals surface area contributed by atoms with E-state index >= 15 is 0 Å². The Morgan fingerprint density at radius 3 is 2.79 bits per heavy atom. The van der Waals surface area contributed by atoms with Crippen molar-refractivity contribution < 1.29 is 14.2 Å². The summed E-state index contributed by atoms with van der Waals surface area (Å²) in [5, 5.41) is 6.68. The van der Waals surface area contributed by atoms with Crippen LogP contribution in [0.25, 0.3) is 0 Å². The van der Waals surface area contributed by atoms with Crippen molar-refractivity contribution in [3.05, 3.63) is 24.3 Å². The maximum atomic E-state index is 5.94. The van der Waals surface area contributed by atoms with Crippen LogP contribution in [0.1, 0.15) is 20.8 Å². The van der Waals surface area contributed by atoms with Gasteiger partial charge < -0.3 is 24.8 Å². The number of benzene rings is 1. The Labute approximate surface area is 169 Å². The van der Waals surface area contributed by atoms with E-state index < -0.39 is 0 Å². The van der Waals surface area contributed by atoms with E-state index in [-0.39, 0.29) is 12.2 Å². The van der Waals surface area contributed by atoms with Gasteiger partial charge in [0.15, 0.2) is 5.96 Å². The predicted octanol–water partition coefficient (Wildman–Crippen LogP) is 1.98. The van der Waals surface area contributed by atoms with Crippen LogP contribution in [0, 0.1) is 5.92 Å². The number of ether oxygens (including phenoxy) is 3. The average molecular weight is 393 g/mol. The van der Waals surface area contributed by atoms with Crippen molar-refractivity contribution in [1.82, 2.24) is 15.5 Å². The minimum atomic E-state index is -0.0156. The van der Waals surface area contributed by atoms with Gasteiger partial charge in [0.25, 0.3) is 0 Å².